The summed E-state index contributed by atoms with van der Waals surface area (Å²) in [5.41, 5.74) is 8.23. The monoisotopic (exact) mass is 291 g/mol. The fraction of sp³-hybridized carbons (Fsp3) is 0.562. The number of hydrogen-bond donors (Lipinski definition) is 2. The largest absolute Gasteiger partial charge is 0.399 e. The van der Waals surface area contributed by atoms with Crippen molar-refractivity contribution in [1.29, 1.82) is 0 Å². The van der Waals surface area contributed by atoms with E-state index in [0.717, 1.165) is 24.2 Å². The van der Waals surface area contributed by atoms with Crippen LogP contribution in [0.4, 0.5) is 11.4 Å². The molecule has 0 aliphatic carbocycles. The molecule has 2 atom stereocenters. The number of carbonyl (C=O) groups is 1. The maximum absolute atomic E-state index is 12.3. The van der Waals surface area contributed by atoms with Crippen LogP contribution in [0.15, 0.2) is 18.2 Å². The molecule has 116 valence electrons. The molecule has 3 N–H and O–H groups in total. The first kappa shape index (κ1) is 15.8. The number of rotatable bonds is 4. The molecule has 0 radical (unpaired) electrons. The Kier molecular flexibility index (Phi) is 5.20. The molecule has 1 fully saturated rings. The number of hydrogen-bond acceptors (Lipinski definition) is 4. The summed E-state index contributed by atoms with van der Waals surface area (Å²) in [5, 5.41) is 2.96. The third-order valence-corrected chi connectivity index (χ3v) is 3.93. The van der Waals surface area contributed by atoms with E-state index in [2.05, 4.69) is 17.1 Å². The van der Waals surface area contributed by atoms with E-state index in [1.807, 2.05) is 26.0 Å². The van der Waals surface area contributed by atoms with E-state index in [4.69, 9.17) is 10.5 Å². The summed E-state index contributed by atoms with van der Waals surface area (Å²) in [4.78, 5) is 14.5. The number of aryl methyl sites for hydroxylation is 1. The molecule has 0 spiro atoms. The summed E-state index contributed by atoms with van der Waals surface area (Å²) >= 11 is 0. The summed E-state index contributed by atoms with van der Waals surface area (Å²) in [5.74, 6) is -0.00347. The Morgan fingerprint density at radius 3 is 3.00 bits per heavy atom. The topological polar surface area (TPSA) is 67.6 Å². The average Bonchev–Trinajstić information content (AvgIpc) is 2.43. The number of benzene rings is 1. The molecule has 2 unspecified atom stereocenters. The van der Waals surface area contributed by atoms with Crippen LogP contribution in [0.1, 0.15) is 25.8 Å². The van der Waals surface area contributed by atoms with Crippen LogP contribution < -0.4 is 11.1 Å². The molecular formula is C16H25N3O2. The van der Waals surface area contributed by atoms with Crippen LogP contribution >= 0.6 is 0 Å². The lowest BCUT2D eigenvalue weighted by Crippen LogP contribution is -2.51. The molecule has 0 saturated carbocycles. The fourth-order valence-electron chi connectivity index (χ4n) is 2.63. The highest BCUT2D eigenvalue weighted by Crippen LogP contribution is 2.19. The predicted molar refractivity (Wildman–Crippen MR) is 85.3 cm³/mol. The number of nitrogen functional groups attached to an aromatic ring is 1. The van der Waals surface area contributed by atoms with Crippen LogP contribution in [0.3, 0.4) is 0 Å². The third-order valence-electron chi connectivity index (χ3n) is 3.93. The molecular weight excluding hydrogens is 266 g/mol. The van der Waals surface area contributed by atoms with Crippen LogP contribution in [0, 0.1) is 6.92 Å². The van der Waals surface area contributed by atoms with Gasteiger partial charge in [0.25, 0.3) is 0 Å². The lowest BCUT2D eigenvalue weighted by Gasteiger charge is -2.37. The lowest BCUT2D eigenvalue weighted by molar-refractivity contribution is -0.121. The first-order chi connectivity index (χ1) is 9.99. The summed E-state index contributed by atoms with van der Waals surface area (Å²) in [6, 6.07) is 5.86. The van der Waals surface area contributed by atoms with E-state index in [-0.39, 0.29) is 12.0 Å². The molecule has 21 heavy (non-hydrogen) atoms. The van der Waals surface area contributed by atoms with Crippen molar-refractivity contribution >= 4 is 17.3 Å². The van der Waals surface area contributed by atoms with E-state index in [9.17, 15) is 4.79 Å². The van der Waals surface area contributed by atoms with E-state index < -0.39 is 0 Å². The summed E-state index contributed by atoms with van der Waals surface area (Å²) < 4.78 is 5.66. The maximum atomic E-state index is 12.3. The predicted octanol–water partition coefficient (Wildman–Crippen LogP) is 2.02. The number of nitrogens with zero attached hydrogens (tertiary/aromatic N) is 1. The van der Waals surface area contributed by atoms with Gasteiger partial charge in [0.15, 0.2) is 0 Å². The number of ether oxygens (including phenoxy) is 1. The van der Waals surface area contributed by atoms with Crippen LogP contribution in [-0.2, 0) is 9.53 Å². The molecule has 1 aliphatic rings. The van der Waals surface area contributed by atoms with Gasteiger partial charge in [-0.25, -0.2) is 0 Å². The van der Waals surface area contributed by atoms with Crippen LogP contribution in [0.2, 0.25) is 0 Å². The smallest absolute Gasteiger partial charge is 0.238 e. The zero-order valence-corrected chi connectivity index (χ0v) is 13.1. The Hall–Kier alpha value is -1.59. The molecule has 2 rings (SSSR count). The van der Waals surface area contributed by atoms with Crippen molar-refractivity contribution in [2.45, 2.75) is 39.3 Å². The molecule has 5 nitrogen and oxygen atoms in total. The quantitative estimate of drug-likeness (QED) is 0.833. The summed E-state index contributed by atoms with van der Waals surface area (Å²) in [6.07, 6.45) is 1.16. The zero-order valence-electron chi connectivity index (χ0n) is 13.1. The molecule has 1 aliphatic heterocycles. The minimum atomic E-state index is -0.00347. The van der Waals surface area contributed by atoms with E-state index >= 15 is 0 Å². The number of nitrogens with one attached hydrogen (secondary N) is 1. The minimum absolute atomic E-state index is 0.00347. The number of carbonyl (C=O) groups excluding carboxylic acids is 1. The van der Waals surface area contributed by atoms with E-state index in [0.29, 0.717) is 24.9 Å². The van der Waals surface area contributed by atoms with E-state index in [1.54, 1.807) is 6.07 Å². The normalized spacial score (nSPS) is 23.0. The van der Waals surface area contributed by atoms with Crippen molar-refractivity contribution in [3.05, 3.63) is 23.8 Å². The first-order valence-corrected chi connectivity index (χ1v) is 7.51. The highest BCUT2D eigenvalue weighted by molar-refractivity contribution is 5.93. The molecule has 1 heterocycles. The molecule has 0 aromatic heterocycles. The maximum Gasteiger partial charge on any atom is 0.238 e. The van der Waals surface area contributed by atoms with Gasteiger partial charge < -0.3 is 15.8 Å². The van der Waals surface area contributed by atoms with Gasteiger partial charge in [0.05, 0.1) is 19.3 Å². The van der Waals surface area contributed by atoms with Gasteiger partial charge in [-0.1, -0.05) is 13.0 Å². The highest BCUT2D eigenvalue weighted by atomic mass is 16.5. The number of morpholine rings is 1. The SMILES string of the molecule is CCC1COC(C)CN1CC(=O)Nc1cc(N)ccc1C. The standard InChI is InChI=1S/C16H25N3O2/c1-4-14-10-21-12(3)8-19(14)9-16(20)18-15-7-13(17)6-5-11(15)2/h5-7,12,14H,4,8-10,17H2,1-3H3,(H,18,20). The van der Waals surface area contributed by atoms with Crippen LogP contribution in [0.25, 0.3) is 0 Å². The van der Waals surface area contributed by atoms with Gasteiger partial charge in [-0.05, 0) is 38.0 Å². The Labute approximate surface area is 126 Å². The third kappa shape index (κ3) is 4.19. The Morgan fingerprint density at radius 1 is 1.52 bits per heavy atom. The van der Waals surface area contributed by atoms with Gasteiger partial charge in [0, 0.05) is 24.0 Å². The van der Waals surface area contributed by atoms with Crippen molar-refractivity contribution in [3.8, 4) is 0 Å². The molecule has 1 amide bonds. The van der Waals surface area contributed by atoms with Crippen molar-refractivity contribution in [2.75, 3.05) is 30.7 Å². The molecule has 0 bridgehead atoms. The molecule has 5 heteroatoms. The second kappa shape index (κ2) is 6.91. The van der Waals surface area contributed by atoms with Gasteiger partial charge in [-0.2, -0.15) is 0 Å². The van der Waals surface area contributed by atoms with Crippen molar-refractivity contribution in [1.82, 2.24) is 4.90 Å². The summed E-state index contributed by atoms with van der Waals surface area (Å²) in [6.45, 7) is 8.00. The van der Waals surface area contributed by atoms with Crippen molar-refractivity contribution < 1.29 is 9.53 Å². The van der Waals surface area contributed by atoms with Gasteiger partial charge in [0.2, 0.25) is 5.91 Å². The Bertz CT molecular complexity index is 504. The van der Waals surface area contributed by atoms with Crippen molar-refractivity contribution in [2.24, 2.45) is 0 Å². The van der Waals surface area contributed by atoms with Crippen LogP contribution in [-0.4, -0.2) is 42.6 Å². The number of nitrogens with two attached hydrogens (primary N) is 1. The molecule has 1 aromatic rings. The van der Waals surface area contributed by atoms with Gasteiger partial charge in [-0.15, -0.1) is 0 Å². The lowest BCUT2D eigenvalue weighted by atomic mass is 10.1. The molecule has 1 saturated heterocycles. The van der Waals surface area contributed by atoms with Gasteiger partial charge >= 0.3 is 0 Å². The zero-order chi connectivity index (χ0) is 15.4. The minimum Gasteiger partial charge on any atom is -0.399 e. The van der Waals surface area contributed by atoms with Gasteiger partial charge in [0.1, 0.15) is 0 Å². The molecule has 1 aromatic carbocycles. The average molecular weight is 291 g/mol. The van der Waals surface area contributed by atoms with E-state index in [1.165, 1.54) is 0 Å². The van der Waals surface area contributed by atoms with Gasteiger partial charge in [-0.3, -0.25) is 9.69 Å². The number of amides is 1. The number of anilines is 2. The fourth-order valence-corrected chi connectivity index (χ4v) is 2.63. The van der Waals surface area contributed by atoms with Crippen LogP contribution in [0.5, 0.6) is 0 Å². The first-order valence-electron chi connectivity index (χ1n) is 7.51. The van der Waals surface area contributed by atoms with Crippen molar-refractivity contribution in [3.63, 3.8) is 0 Å². The second-order valence-electron chi connectivity index (χ2n) is 5.76. The Morgan fingerprint density at radius 2 is 2.29 bits per heavy atom. The Balaban J connectivity index is 1.98. The highest BCUT2D eigenvalue weighted by Gasteiger charge is 2.27. The second-order valence-corrected chi connectivity index (χ2v) is 5.76. The summed E-state index contributed by atoms with van der Waals surface area (Å²) in [7, 11) is 0.